The van der Waals surface area contributed by atoms with Crippen LogP contribution in [-0.2, 0) is 19.4 Å². The average molecular weight is 305 g/mol. The van der Waals surface area contributed by atoms with E-state index in [4.69, 9.17) is 4.98 Å². The molecule has 0 bridgehead atoms. The van der Waals surface area contributed by atoms with Crippen LogP contribution in [0.15, 0.2) is 30.3 Å². The van der Waals surface area contributed by atoms with Crippen LogP contribution in [0, 0.1) is 11.3 Å². The third-order valence-corrected chi connectivity index (χ3v) is 4.52. The molecule has 2 aromatic rings. The van der Waals surface area contributed by atoms with Crippen molar-refractivity contribution >= 4 is 5.69 Å². The smallest absolute Gasteiger partial charge is 0.101 e. The van der Waals surface area contributed by atoms with Gasteiger partial charge in [0.1, 0.15) is 6.07 Å². The molecular weight excluding hydrogens is 282 g/mol. The van der Waals surface area contributed by atoms with E-state index in [9.17, 15) is 5.26 Å². The van der Waals surface area contributed by atoms with Crippen molar-refractivity contribution in [3.63, 3.8) is 0 Å². The molecule has 0 saturated heterocycles. The molecule has 23 heavy (non-hydrogen) atoms. The van der Waals surface area contributed by atoms with Crippen molar-refractivity contribution in [3.8, 4) is 6.07 Å². The third-order valence-electron chi connectivity index (χ3n) is 4.52. The molecule has 0 spiro atoms. The zero-order valence-corrected chi connectivity index (χ0v) is 13.9. The first-order chi connectivity index (χ1) is 11.2. The number of hydrogen-bond acceptors (Lipinski definition) is 3. The number of para-hydroxylation sites is 1. The number of nitrogens with one attached hydrogen (secondary N) is 1. The average Bonchev–Trinajstić information content (AvgIpc) is 2.59. The molecule has 0 aliphatic heterocycles. The van der Waals surface area contributed by atoms with E-state index in [1.54, 1.807) is 0 Å². The standard InChI is InChI=1S/C20H23N3/c1-14(2)20-17-11-7-6-10-16(17)18(12-21)19(23-20)13-22-15-8-4-3-5-9-15/h3-5,8-9,14,22H,6-7,10-11,13H2,1-2H3. The van der Waals surface area contributed by atoms with Crippen LogP contribution < -0.4 is 5.32 Å². The van der Waals surface area contributed by atoms with Gasteiger partial charge in [-0.05, 0) is 54.9 Å². The number of anilines is 1. The minimum absolute atomic E-state index is 0.394. The summed E-state index contributed by atoms with van der Waals surface area (Å²) in [5.74, 6) is 0.394. The Morgan fingerprint density at radius 1 is 1.13 bits per heavy atom. The van der Waals surface area contributed by atoms with Crippen LogP contribution in [0.3, 0.4) is 0 Å². The van der Waals surface area contributed by atoms with Gasteiger partial charge in [0.15, 0.2) is 0 Å². The Balaban J connectivity index is 1.98. The maximum Gasteiger partial charge on any atom is 0.101 e. The summed E-state index contributed by atoms with van der Waals surface area (Å²) in [5.41, 5.74) is 6.52. The van der Waals surface area contributed by atoms with Crippen molar-refractivity contribution in [1.82, 2.24) is 4.98 Å². The van der Waals surface area contributed by atoms with Crippen LogP contribution in [0.4, 0.5) is 5.69 Å². The van der Waals surface area contributed by atoms with Gasteiger partial charge in [-0.1, -0.05) is 32.0 Å². The van der Waals surface area contributed by atoms with Gasteiger partial charge in [-0.25, -0.2) is 0 Å². The summed E-state index contributed by atoms with van der Waals surface area (Å²) < 4.78 is 0. The normalized spacial score (nSPS) is 13.5. The summed E-state index contributed by atoms with van der Waals surface area (Å²) in [6.07, 6.45) is 4.46. The molecule has 0 unspecified atom stereocenters. The maximum absolute atomic E-state index is 9.68. The molecule has 0 atom stereocenters. The molecule has 3 rings (SSSR count). The second kappa shape index (κ2) is 6.83. The predicted molar refractivity (Wildman–Crippen MR) is 93.5 cm³/mol. The Labute approximate surface area is 138 Å². The number of rotatable bonds is 4. The van der Waals surface area contributed by atoms with E-state index in [-0.39, 0.29) is 0 Å². The quantitative estimate of drug-likeness (QED) is 0.900. The minimum atomic E-state index is 0.394. The van der Waals surface area contributed by atoms with E-state index in [1.165, 1.54) is 29.7 Å². The van der Waals surface area contributed by atoms with E-state index in [1.807, 2.05) is 30.3 Å². The van der Waals surface area contributed by atoms with Gasteiger partial charge in [-0.15, -0.1) is 0 Å². The lowest BCUT2D eigenvalue weighted by Gasteiger charge is -2.24. The molecule has 1 aliphatic rings. The van der Waals surface area contributed by atoms with Crippen molar-refractivity contribution in [1.29, 1.82) is 5.26 Å². The second-order valence-electron chi connectivity index (χ2n) is 6.47. The molecule has 0 amide bonds. The molecule has 1 aromatic heterocycles. The molecule has 1 aromatic carbocycles. The van der Waals surface area contributed by atoms with Gasteiger partial charge in [0.05, 0.1) is 17.8 Å². The van der Waals surface area contributed by atoms with Crippen molar-refractivity contribution in [2.75, 3.05) is 5.32 Å². The molecule has 0 fully saturated rings. The van der Waals surface area contributed by atoms with Crippen molar-refractivity contribution < 1.29 is 0 Å². The number of nitriles is 1. The fourth-order valence-electron chi connectivity index (χ4n) is 3.39. The Kier molecular flexibility index (Phi) is 4.62. The lowest BCUT2D eigenvalue weighted by molar-refractivity contribution is 0.653. The first-order valence-corrected chi connectivity index (χ1v) is 8.44. The largest absolute Gasteiger partial charge is 0.379 e. The SMILES string of the molecule is CC(C)c1nc(CNc2ccccc2)c(C#N)c2c1CCCC2. The zero-order valence-electron chi connectivity index (χ0n) is 13.9. The van der Waals surface area contributed by atoms with Crippen molar-refractivity contribution in [2.45, 2.75) is 52.0 Å². The highest BCUT2D eigenvalue weighted by Gasteiger charge is 2.23. The number of pyridine rings is 1. The number of hydrogen-bond donors (Lipinski definition) is 1. The molecule has 118 valence electrons. The number of aromatic nitrogens is 1. The van der Waals surface area contributed by atoms with Crippen LogP contribution in [0.2, 0.25) is 0 Å². The summed E-state index contributed by atoms with van der Waals surface area (Å²) in [4.78, 5) is 4.89. The highest BCUT2D eigenvalue weighted by Crippen LogP contribution is 2.31. The van der Waals surface area contributed by atoms with Gasteiger partial charge in [0.2, 0.25) is 0 Å². The highest BCUT2D eigenvalue weighted by molar-refractivity contribution is 5.51. The monoisotopic (exact) mass is 305 g/mol. The molecule has 0 saturated carbocycles. The van der Waals surface area contributed by atoms with Gasteiger partial charge in [-0.3, -0.25) is 4.98 Å². The van der Waals surface area contributed by atoms with Gasteiger partial charge in [0, 0.05) is 11.4 Å². The van der Waals surface area contributed by atoms with E-state index >= 15 is 0 Å². The summed E-state index contributed by atoms with van der Waals surface area (Å²) in [6.45, 7) is 4.98. The summed E-state index contributed by atoms with van der Waals surface area (Å²) >= 11 is 0. The first-order valence-electron chi connectivity index (χ1n) is 8.44. The number of benzene rings is 1. The van der Waals surface area contributed by atoms with Crippen LogP contribution in [-0.4, -0.2) is 4.98 Å². The summed E-state index contributed by atoms with van der Waals surface area (Å²) in [7, 11) is 0. The number of fused-ring (bicyclic) bond motifs is 1. The molecule has 1 N–H and O–H groups in total. The molecule has 1 heterocycles. The Morgan fingerprint density at radius 2 is 1.83 bits per heavy atom. The van der Waals surface area contributed by atoms with E-state index in [2.05, 4.69) is 25.2 Å². The van der Waals surface area contributed by atoms with Gasteiger partial charge in [0.25, 0.3) is 0 Å². The Hall–Kier alpha value is -2.34. The predicted octanol–water partition coefficient (Wildman–Crippen LogP) is 4.57. The van der Waals surface area contributed by atoms with E-state index in [0.29, 0.717) is 12.5 Å². The van der Waals surface area contributed by atoms with Crippen molar-refractivity contribution in [2.24, 2.45) is 0 Å². The molecule has 1 aliphatic carbocycles. The summed E-state index contributed by atoms with van der Waals surface area (Å²) in [6, 6.07) is 12.5. The molecule has 3 nitrogen and oxygen atoms in total. The zero-order chi connectivity index (χ0) is 16.2. The first kappa shape index (κ1) is 15.6. The number of nitrogens with zero attached hydrogens (tertiary/aromatic N) is 2. The third kappa shape index (κ3) is 3.22. The second-order valence-corrected chi connectivity index (χ2v) is 6.47. The summed E-state index contributed by atoms with van der Waals surface area (Å²) in [5, 5.41) is 13.1. The van der Waals surface area contributed by atoms with Crippen LogP contribution in [0.1, 0.15) is 60.7 Å². The van der Waals surface area contributed by atoms with Crippen LogP contribution >= 0.6 is 0 Å². The van der Waals surface area contributed by atoms with E-state index < -0.39 is 0 Å². The maximum atomic E-state index is 9.68. The van der Waals surface area contributed by atoms with Crippen LogP contribution in [0.5, 0.6) is 0 Å². The van der Waals surface area contributed by atoms with E-state index in [0.717, 1.165) is 29.8 Å². The van der Waals surface area contributed by atoms with Gasteiger partial charge in [-0.2, -0.15) is 5.26 Å². The molecule has 3 heteroatoms. The fraction of sp³-hybridized carbons (Fsp3) is 0.400. The Morgan fingerprint density at radius 3 is 2.48 bits per heavy atom. The highest BCUT2D eigenvalue weighted by atomic mass is 14.9. The Bertz CT molecular complexity index is 727. The van der Waals surface area contributed by atoms with Crippen LogP contribution in [0.25, 0.3) is 0 Å². The lowest BCUT2D eigenvalue weighted by atomic mass is 9.84. The molecular formula is C20H23N3. The topological polar surface area (TPSA) is 48.7 Å². The van der Waals surface area contributed by atoms with Crippen molar-refractivity contribution in [3.05, 3.63) is 58.4 Å². The minimum Gasteiger partial charge on any atom is -0.379 e. The van der Waals surface area contributed by atoms with Gasteiger partial charge < -0.3 is 5.32 Å². The molecule has 0 radical (unpaired) electrons. The van der Waals surface area contributed by atoms with Gasteiger partial charge >= 0.3 is 0 Å². The fourth-order valence-corrected chi connectivity index (χ4v) is 3.39. The lowest BCUT2D eigenvalue weighted by Crippen LogP contribution is -2.16.